The number of piperidine rings is 1. The van der Waals surface area contributed by atoms with Gasteiger partial charge in [0.25, 0.3) is 5.91 Å². The van der Waals surface area contributed by atoms with Crippen LogP contribution in [0.3, 0.4) is 0 Å². The lowest BCUT2D eigenvalue weighted by molar-refractivity contribution is -0.158. The molecule has 41 heavy (non-hydrogen) atoms. The maximum absolute atomic E-state index is 13.4. The van der Waals surface area contributed by atoms with Crippen LogP contribution in [0.1, 0.15) is 62.6 Å². The highest BCUT2D eigenvalue weighted by molar-refractivity contribution is 6.38. The van der Waals surface area contributed by atoms with Crippen molar-refractivity contribution in [2.24, 2.45) is 11.1 Å². The molecule has 0 aromatic heterocycles. The van der Waals surface area contributed by atoms with Gasteiger partial charge in [-0.2, -0.15) is 0 Å². The second kappa shape index (κ2) is 14.9. The van der Waals surface area contributed by atoms with Crippen LogP contribution in [0.5, 0.6) is 17.2 Å². The van der Waals surface area contributed by atoms with Crippen LogP contribution in [-0.2, 0) is 33.6 Å². The van der Waals surface area contributed by atoms with Crippen LogP contribution < -0.4 is 19.9 Å². The van der Waals surface area contributed by atoms with Crippen molar-refractivity contribution in [2.45, 2.75) is 71.3 Å². The quantitative estimate of drug-likeness (QED) is 0.306. The molecule has 0 spiro atoms. The first kappa shape index (κ1) is 31.9. The van der Waals surface area contributed by atoms with Gasteiger partial charge < -0.3 is 30.0 Å². The van der Waals surface area contributed by atoms with Gasteiger partial charge in [-0.05, 0) is 80.7 Å². The van der Waals surface area contributed by atoms with E-state index in [9.17, 15) is 19.5 Å². The normalized spacial score (nSPS) is 15.3. The number of nitrogens with zero attached hydrogens (tertiary/aromatic N) is 1. The van der Waals surface area contributed by atoms with Gasteiger partial charge in [-0.25, -0.2) is 4.79 Å². The van der Waals surface area contributed by atoms with E-state index in [0.29, 0.717) is 50.3 Å². The van der Waals surface area contributed by atoms with Crippen LogP contribution in [0, 0.1) is 5.41 Å². The summed E-state index contributed by atoms with van der Waals surface area (Å²) in [4.78, 5) is 39.5. The van der Waals surface area contributed by atoms with Gasteiger partial charge in [-0.15, -0.1) is 0 Å². The molecule has 0 bridgehead atoms. The van der Waals surface area contributed by atoms with Gasteiger partial charge in [0.05, 0.1) is 14.2 Å². The minimum absolute atomic E-state index is 0.285. The Morgan fingerprint density at radius 1 is 1.05 bits per heavy atom. The topological polar surface area (TPSA) is 128 Å². The fourth-order valence-electron chi connectivity index (χ4n) is 5.39. The molecule has 1 fully saturated rings. The maximum Gasteiger partial charge on any atom is 0.326 e. The van der Waals surface area contributed by atoms with Crippen molar-refractivity contribution in [1.82, 2.24) is 4.90 Å². The van der Waals surface area contributed by atoms with Gasteiger partial charge in [-0.3, -0.25) is 9.59 Å². The van der Waals surface area contributed by atoms with E-state index in [-0.39, 0.29) is 6.54 Å². The largest absolute Gasteiger partial charge is 0.493 e. The molecule has 1 amide bonds. The van der Waals surface area contributed by atoms with E-state index in [1.165, 1.54) is 10.5 Å². The number of amides is 1. The summed E-state index contributed by atoms with van der Waals surface area (Å²) in [6.07, 6.45) is 5.19. The van der Waals surface area contributed by atoms with Crippen molar-refractivity contribution in [3.05, 3.63) is 53.1 Å². The summed E-state index contributed by atoms with van der Waals surface area (Å²) in [5.74, 6) is -0.305. The molecule has 2 aromatic rings. The second-order valence-electron chi connectivity index (χ2n) is 11.1. The van der Waals surface area contributed by atoms with E-state index in [1.54, 1.807) is 28.1 Å². The SMILES string of the molecule is COc1ccc(CCCc2cccc(OCCN)c2)c(CCC(C)(C)C(=O)C(=O)N2CCCCC2C(=O)O)c1OC. The van der Waals surface area contributed by atoms with Crippen LogP contribution in [0.25, 0.3) is 0 Å². The molecule has 1 aliphatic rings. The maximum atomic E-state index is 13.4. The molecule has 1 atom stereocenters. The summed E-state index contributed by atoms with van der Waals surface area (Å²) in [5.41, 5.74) is 7.76. The Kier molecular flexibility index (Phi) is 11.6. The molecule has 1 unspecified atom stereocenters. The molecular formula is C32H44N2O7. The van der Waals surface area contributed by atoms with Gasteiger partial charge in [0.1, 0.15) is 18.4 Å². The highest BCUT2D eigenvalue weighted by Crippen LogP contribution is 2.37. The number of hydrogen-bond acceptors (Lipinski definition) is 7. The number of carbonyl (C=O) groups excluding carboxylic acids is 2. The summed E-state index contributed by atoms with van der Waals surface area (Å²) in [5, 5.41) is 9.58. The van der Waals surface area contributed by atoms with Gasteiger partial charge in [0.2, 0.25) is 5.78 Å². The molecule has 9 nitrogen and oxygen atoms in total. The minimum atomic E-state index is -1.07. The van der Waals surface area contributed by atoms with Crippen molar-refractivity contribution < 1.29 is 33.7 Å². The van der Waals surface area contributed by atoms with E-state index < -0.39 is 29.1 Å². The fraction of sp³-hybridized carbons (Fsp3) is 0.531. The summed E-state index contributed by atoms with van der Waals surface area (Å²) in [7, 11) is 3.19. The number of nitrogens with two attached hydrogens (primary N) is 1. The second-order valence-corrected chi connectivity index (χ2v) is 11.1. The fourth-order valence-corrected chi connectivity index (χ4v) is 5.39. The number of carbonyl (C=O) groups is 3. The summed E-state index contributed by atoms with van der Waals surface area (Å²) >= 11 is 0. The standard InChI is InChI=1S/C32H44N2O7/c1-32(2,29(35)30(36)34-19-6-5-13-26(34)31(37)38)17-16-25-23(14-15-27(39-3)28(25)40-4)11-7-9-22-10-8-12-24(21-22)41-20-18-33/h8,10,12,14-15,21,26H,5-7,9,11,13,16-20,33H2,1-4H3,(H,37,38). The van der Waals surface area contributed by atoms with Crippen molar-refractivity contribution >= 4 is 17.7 Å². The molecule has 0 aliphatic carbocycles. The molecule has 9 heteroatoms. The number of benzene rings is 2. The summed E-state index contributed by atoms with van der Waals surface area (Å²) in [6, 6.07) is 11.0. The van der Waals surface area contributed by atoms with E-state index in [2.05, 4.69) is 6.07 Å². The third-order valence-electron chi connectivity index (χ3n) is 7.80. The molecule has 0 radical (unpaired) electrons. The predicted molar refractivity (Wildman–Crippen MR) is 157 cm³/mol. The van der Waals surface area contributed by atoms with E-state index >= 15 is 0 Å². The van der Waals surface area contributed by atoms with Crippen LogP contribution in [0.15, 0.2) is 36.4 Å². The smallest absolute Gasteiger partial charge is 0.326 e. The number of methoxy groups -OCH3 is 2. The van der Waals surface area contributed by atoms with Crippen LogP contribution in [-0.4, -0.2) is 67.6 Å². The first-order valence-electron chi connectivity index (χ1n) is 14.4. The third kappa shape index (κ3) is 8.22. The van der Waals surface area contributed by atoms with Crippen LogP contribution in [0.2, 0.25) is 0 Å². The molecule has 1 saturated heterocycles. The first-order chi connectivity index (χ1) is 19.6. The predicted octanol–water partition coefficient (Wildman–Crippen LogP) is 4.21. The number of hydrogen-bond donors (Lipinski definition) is 2. The number of carboxylic acids is 1. The molecule has 3 N–H and O–H groups in total. The average molecular weight is 569 g/mol. The molecular weight excluding hydrogens is 524 g/mol. The molecule has 0 saturated carbocycles. The number of aryl methyl sites for hydroxylation is 2. The number of ether oxygens (including phenoxy) is 3. The van der Waals surface area contributed by atoms with Crippen molar-refractivity contribution in [3.63, 3.8) is 0 Å². The number of ketones is 1. The number of aliphatic carboxylic acids is 1. The van der Waals surface area contributed by atoms with E-state index in [4.69, 9.17) is 19.9 Å². The summed E-state index contributed by atoms with van der Waals surface area (Å²) < 4.78 is 17.0. The molecule has 1 heterocycles. The van der Waals surface area contributed by atoms with E-state index in [1.807, 2.05) is 30.3 Å². The zero-order valence-electron chi connectivity index (χ0n) is 24.7. The Labute approximate surface area is 243 Å². The van der Waals surface area contributed by atoms with Gasteiger partial charge in [0, 0.05) is 24.1 Å². The monoisotopic (exact) mass is 568 g/mol. The Bertz CT molecular complexity index is 1210. The number of Topliss-reactive ketones (excluding diaryl/α,β-unsaturated/α-hetero) is 1. The average Bonchev–Trinajstić information content (AvgIpc) is 2.98. The molecule has 2 aromatic carbocycles. The zero-order valence-corrected chi connectivity index (χ0v) is 24.7. The third-order valence-corrected chi connectivity index (χ3v) is 7.80. The van der Waals surface area contributed by atoms with Crippen molar-refractivity contribution in [1.29, 1.82) is 0 Å². The minimum Gasteiger partial charge on any atom is -0.493 e. The van der Waals surface area contributed by atoms with Crippen LogP contribution in [0.4, 0.5) is 0 Å². The Morgan fingerprint density at radius 2 is 1.83 bits per heavy atom. The number of rotatable bonds is 15. The molecule has 3 rings (SSSR count). The van der Waals surface area contributed by atoms with Crippen LogP contribution >= 0.6 is 0 Å². The zero-order chi connectivity index (χ0) is 30.0. The Hall–Kier alpha value is -3.59. The van der Waals surface area contributed by atoms with E-state index in [0.717, 1.165) is 42.6 Å². The Balaban J connectivity index is 1.74. The highest BCUT2D eigenvalue weighted by atomic mass is 16.5. The van der Waals surface area contributed by atoms with Crippen molar-refractivity contribution in [2.75, 3.05) is 33.9 Å². The number of likely N-dealkylation sites (tertiary alicyclic amines) is 1. The van der Waals surface area contributed by atoms with Crippen molar-refractivity contribution in [3.8, 4) is 17.2 Å². The van der Waals surface area contributed by atoms with Gasteiger partial charge in [-0.1, -0.05) is 32.0 Å². The lowest BCUT2D eigenvalue weighted by Crippen LogP contribution is -2.52. The summed E-state index contributed by atoms with van der Waals surface area (Å²) in [6.45, 7) is 4.72. The number of carboxylic acid groups (broad SMARTS) is 1. The Morgan fingerprint density at radius 3 is 2.51 bits per heavy atom. The lowest BCUT2D eigenvalue weighted by atomic mass is 9.80. The van der Waals surface area contributed by atoms with Gasteiger partial charge >= 0.3 is 5.97 Å². The lowest BCUT2D eigenvalue weighted by Gasteiger charge is -2.34. The van der Waals surface area contributed by atoms with Gasteiger partial charge in [0.15, 0.2) is 11.5 Å². The first-order valence-corrected chi connectivity index (χ1v) is 14.4. The molecule has 1 aliphatic heterocycles. The molecule has 224 valence electrons. The highest BCUT2D eigenvalue weighted by Gasteiger charge is 2.40.